The van der Waals surface area contributed by atoms with Crippen LogP contribution in [0.1, 0.15) is 5.56 Å². The summed E-state index contributed by atoms with van der Waals surface area (Å²) >= 11 is 0. The second kappa shape index (κ2) is 5.64. The van der Waals surface area contributed by atoms with E-state index < -0.39 is 23.4 Å². The molecule has 2 aromatic carbocycles. The Morgan fingerprint density at radius 3 is 2.35 bits per heavy atom. The van der Waals surface area contributed by atoms with Crippen molar-refractivity contribution in [2.24, 2.45) is 0 Å². The maximum absolute atomic E-state index is 13.9. The van der Waals surface area contributed by atoms with Crippen LogP contribution in [0.4, 0.5) is 20.2 Å². The number of hydrogen-bond donors (Lipinski definition) is 1. The van der Waals surface area contributed by atoms with Gasteiger partial charge in [0.05, 0.1) is 11.4 Å². The van der Waals surface area contributed by atoms with Crippen molar-refractivity contribution in [3.63, 3.8) is 0 Å². The zero-order valence-corrected chi connectivity index (χ0v) is 12.1. The highest BCUT2D eigenvalue weighted by Gasteiger charge is 2.32. The number of anilines is 2. The number of para-hydroxylation sites is 1. The predicted octanol–water partition coefficient (Wildman–Crippen LogP) is 3.14. The van der Waals surface area contributed by atoms with Crippen LogP contribution in [0.25, 0.3) is 0 Å². The van der Waals surface area contributed by atoms with Crippen molar-refractivity contribution in [1.82, 2.24) is 0 Å². The molecule has 0 radical (unpaired) electrons. The lowest BCUT2D eigenvalue weighted by Crippen LogP contribution is -2.31. The first-order chi connectivity index (χ1) is 11.0. The van der Waals surface area contributed by atoms with Gasteiger partial charge in [-0.2, -0.15) is 0 Å². The van der Waals surface area contributed by atoms with Crippen molar-refractivity contribution >= 4 is 23.2 Å². The Bertz CT molecular complexity index is 832. The minimum Gasteiger partial charge on any atom is -0.348 e. The van der Waals surface area contributed by atoms with Gasteiger partial charge in [0.15, 0.2) is 11.6 Å². The highest BCUT2D eigenvalue weighted by atomic mass is 19.2. The van der Waals surface area contributed by atoms with Crippen molar-refractivity contribution in [2.75, 3.05) is 10.2 Å². The number of halogens is 2. The number of nitrogens with one attached hydrogen (secondary N) is 1. The van der Waals surface area contributed by atoms with Gasteiger partial charge in [0.1, 0.15) is 5.70 Å². The minimum absolute atomic E-state index is 0.110. The number of nitrogens with zero attached hydrogens (tertiary/aromatic N) is 1. The maximum Gasteiger partial charge on any atom is 0.281 e. The summed E-state index contributed by atoms with van der Waals surface area (Å²) in [7, 11) is 0. The number of carbonyl (C=O) groups is 2. The van der Waals surface area contributed by atoms with Crippen molar-refractivity contribution in [1.29, 1.82) is 0 Å². The molecule has 1 heterocycles. The van der Waals surface area contributed by atoms with Gasteiger partial charge in [0.2, 0.25) is 0 Å². The number of hydrogen-bond acceptors (Lipinski definition) is 3. The van der Waals surface area contributed by atoms with E-state index in [0.29, 0.717) is 5.69 Å². The van der Waals surface area contributed by atoms with E-state index in [1.54, 1.807) is 30.3 Å². The van der Waals surface area contributed by atoms with Crippen molar-refractivity contribution in [3.8, 4) is 0 Å². The SMILES string of the molecule is Cc1ccc(NC2=CC(=O)N(c3ccccc3)C2=O)c(F)c1F. The molecular formula is C17H12F2N2O2. The quantitative estimate of drug-likeness (QED) is 0.886. The summed E-state index contributed by atoms with van der Waals surface area (Å²) in [4.78, 5) is 25.3. The highest BCUT2D eigenvalue weighted by Crippen LogP contribution is 2.26. The number of amides is 2. The molecule has 0 spiro atoms. The number of imide groups is 1. The molecule has 3 rings (SSSR count). The summed E-state index contributed by atoms with van der Waals surface area (Å²) in [5.41, 5.74) is 0.254. The molecule has 1 aliphatic rings. The van der Waals surface area contributed by atoms with Crippen molar-refractivity contribution < 1.29 is 18.4 Å². The second-order valence-corrected chi connectivity index (χ2v) is 5.06. The summed E-state index contributed by atoms with van der Waals surface area (Å²) in [6, 6.07) is 11.1. The standard InChI is InChI=1S/C17H12F2N2O2/c1-10-7-8-12(16(19)15(10)18)20-13-9-14(22)21(17(13)23)11-5-3-2-4-6-11/h2-9,20H,1H3. The van der Waals surface area contributed by atoms with Crippen LogP contribution >= 0.6 is 0 Å². The topological polar surface area (TPSA) is 49.4 Å². The monoisotopic (exact) mass is 314 g/mol. The van der Waals surface area contributed by atoms with E-state index in [4.69, 9.17) is 0 Å². The lowest BCUT2D eigenvalue weighted by molar-refractivity contribution is -0.120. The Balaban J connectivity index is 1.89. The normalized spacial score (nSPS) is 14.2. The number of rotatable bonds is 3. The van der Waals surface area contributed by atoms with E-state index in [9.17, 15) is 18.4 Å². The summed E-state index contributed by atoms with van der Waals surface area (Å²) in [6.45, 7) is 1.43. The Morgan fingerprint density at radius 2 is 1.65 bits per heavy atom. The Labute approximate surface area is 131 Å². The largest absolute Gasteiger partial charge is 0.348 e. The average molecular weight is 314 g/mol. The fourth-order valence-electron chi connectivity index (χ4n) is 2.27. The molecule has 4 nitrogen and oxygen atoms in total. The number of benzene rings is 2. The van der Waals surface area contributed by atoms with E-state index in [2.05, 4.69) is 5.32 Å². The number of aryl methyl sites for hydroxylation is 1. The third-order valence-corrected chi connectivity index (χ3v) is 3.48. The zero-order chi connectivity index (χ0) is 16.6. The lowest BCUT2D eigenvalue weighted by atomic mass is 10.2. The second-order valence-electron chi connectivity index (χ2n) is 5.06. The van der Waals surface area contributed by atoms with E-state index in [1.165, 1.54) is 19.1 Å². The molecule has 2 amide bonds. The molecule has 6 heteroatoms. The molecule has 0 aromatic heterocycles. The van der Waals surface area contributed by atoms with Gasteiger partial charge >= 0.3 is 0 Å². The van der Waals surface area contributed by atoms with Gasteiger partial charge in [0, 0.05) is 6.08 Å². The molecule has 1 aliphatic heterocycles. The summed E-state index contributed by atoms with van der Waals surface area (Å²) < 4.78 is 27.5. The zero-order valence-electron chi connectivity index (χ0n) is 12.1. The van der Waals surface area contributed by atoms with Gasteiger partial charge in [-0.25, -0.2) is 13.7 Å². The molecule has 0 saturated heterocycles. The van der Waals surface area contributed by atoms with E-state index in [-0.39, 0.29) is 16.9 Å². The molecule has 0 saturated carbocycles. The predicted molar refractivity (Wildman–Crippen MR) is 81.7 cm³/mol. The first-order valence-electron chi connectivity index (χ1n) is 6.86. The highest BCUT2D eigenvalue weighted by molar-refractivity contribution is 6.31. The van der Waals surface area contributed by atoms with Gasteiger partial charge in [-0.3, -0.25) is 9.59 Å². The molecule has 2 aromatic rings. The van der Waals surface area contributed by atoms with Crippen LogP contribution in [-0.2, 0) is 9.59 Å². The molecule has 0 bridgehead atoms. The molecular weight excluding hydrogens is 302 g/mol. The molecule has 0 aliphatic carbocycles. The first kappa shape index (κ1) is 14.9. The third kappa shape index (κ3) is 2.59. The first-order valence-corrected chi connectivity index (χ1v) is 6.86. The molecule has 116 valence electrons. The molecule has 0 atom stereocenters. The van der Waals surface area contributed by atoms with Gasteiger partial charge in [-0.05, 0) is 30.7 Å². The van der Waals surface area contributed by atoms with Crippen molar-refractivity contribution in [2.45, 2.75) is 6.92 Å². The van der Waals surface area contributed by atoms with Gasteiger partial charge in [0.25, 0.3) is 11.8 Å². The van der Waals surface area contributed by atoms with Gasteiger partial charge < -0.3 is 5.32 Å². The van der Waals surface area contributed by atoms with Crippen LogP contribution < -0.4 is 10.2 Å². The lowest BCUT2D eigenvalue weighted by Gasteiger charge is -2.15. The van der Waals surface area contributed by atoms with Crippen LogP contribution in [0.2, 0.25) is 0 Å². The maximum atomic E-state index is 13.9. The fourth-order valence-corrected chi connectivity index (χ4v) is 2.27. The molecule has 1 N–H and O–H groups in total. The summed E-state index contributed by atoms with van der Waals surface area (Å²) in [5, 5.41) is 2.49. The van der Waals surface area contributed by atoms with Crippen LogP contribution in [0.3, 0.4) is 0 Å². The Kier molecular flexibility index (Phi) is 3.65. The van der Waals surface area contributed by atoms with Crippen LogP contribution in [0.15, 0.2) is 54.2 Å². The minimum atomic E-state index is -1.09. The Morgan fingerprint density at radius 1 is 0.957 bits per heavy atom. The molecule has 0 unspecified atom stereocenters. The van der Waals surface area contributed by atoms with Crippen LogP contribution in [0.5, 0.6) is 0 Å². The fraction of sp³-hybridized carbons (Fsp3) is 0.0588. The van der Waals surface area contributed by atoms with E-state index in [0.717, 1.165) is 11.0 Å². The smallest absolute Gasteiger partial charge is 0.281 e. The molecule has 23 heavy (non-hydrogen) atoms. The third-order valence-electron chi connectivity index (χ3n) is 3.48. The van der Waals surface area contributed by atoms with Gasteiger partial charge in [-0.15, -0.1) is 0 Å². The van der Waals surface area contributed by atoms with Gasteiger partial charge in [-0.1, -0.05) is 24.3 Å². The summed E-state index contributed by atoms with van der Waals surface area (Å²) in [6.07, 6.45) is 1.06. The van der Waals surface area contributed by atoms with Crippen molar-refractivity contribution in [3.05, 3.63) is 71.4 Å². The van der Waals surface area contributed by atoms with E-state index >= 15 is 0 Å². The van der Waals surface area contributed by atoms with Crippen LogP contribution in [0, 0.1) is 18.6 Å². The number of carbonyl (C=O) groups excluding carboxylic acids is 2. The molecule has 0 fully saturated rings. The van der Waals surface area contributed by atoms with E-state index in [1.807, 2.05) is 0 Å². The summed E-state index contributed by atoms with van der Waals surface area (Å²) in [5.74, 6) is -3.25. The average Bonchev–Trinajstić information content (AvgIpc) is 2.83. The van der Waals surface area contributed by atoms with Crippen LogP contribution in [-0.4, -0.2) is 11.8 Å². The Hall–Kier alpha value is -3.02.